The van der Waals surface area contributed by atoms with E-state index in [1.807, 2.05) is 33.8 Å². The van der Waals surface area contributed by atoms with E-state index in [1.165, 1.54) is 6.08 Å². The van der Waals surface area contributed by atoms with Crippen LogP contribution in [0, 0.1) is 18.3 Å². The number of amides is 1. The van der Waals surface area contributed by atoms with Crippen LogP contribution in [0.3, 0.4) is 0 Å². The minimum Gasteiger partial charge on any atom is -0.490 e. The van der Waals surface area contributed by atoms with E-state index >= 15 is 0 Å². The maximum atomic E-state index is 12.5. The van der Waals surface area contributed by atoms with Crippen molar-refractivity contribution < 1.29 is 14.3 Å². The van der Waals surface area contributed by atoms with E-state index in [0.717, 1.165) is 5.56 Å². The van der Waals surface area contributed by atoms with Gasteiger partial charge in [-0.1, -0.05) is 23.7 Å². The van der Waals surface area contributed by atoms with Gasteiger partial charge in [0, 0.05) is 10.7 Å². The lowest BCUT2D eigenvalue weighted by atomic mass is 10.1. The molecule has 2 aromatic carbocycles. The number of carbonyl (C=O) groups is 1. The normalized spacial score (nSPS) is 11.1. The summed E-state index contributed by atoms with van der Waals surface area (Å²) < 4.78 is 11.4. The van der Waals surface area contributed by atoms with Crippen LogP contribution in [-0.2, 0) is 4.79 Å². The molecule has 0 fully saturated rings. The molecule has 0 unspecified atom stereocenters. The fourth-order valence-electron chi connectivity index (χ4n) is 2.42. The average Bonchev–Trinajstić information content (AvgIpc) is 2.64. The molecule has 0 radical (unpaired) electrons. The standard InChI is InChI=1S/C22H23ClN2O3/c1-5-27-21-11-16(7-9-20(21)28-14(2)3)10-17(13-24)22(26)25-18-8-6-15(4)19(23)12-18/h6-12,14H,5H2,1-4H3,(H,25,26)/b17-10+. The molecule has 0 aliphatic heterocycles. The van der Waals surface area contributed by atoms with Crippen LogP contribution in [0.25, 0.3) is 6.08 Å². The van der Waals surface area contributed by atoms with Crippen LogP contribution < -0.4 is 14.8 Å². The Morgan fingerprint density at radius 1 is 1.25 bits per heavy atom. The third-order valence-corrected chi connectivity index (χ3v) is 4.14. The Balaban J connectivity index is 2.27. The van der Waals surface area contributed by atoms with Crippen molar-refractivity contribution in [2.24, 2.45) is 0 Å². The maximum Gasteiger partial charge on any atom is 0.266 e. The lowest BCUT2D eigenvalue weighted by Crippen LogP contribution is -2.13. The number of benzene rings is 2. The van der Waals surface area contributed by atoms with Crippen molar-refractivity contribution in [1.82, 2.24) is 0 Å². The zero-order valence-electron chi connectivity index (χ0n) is 16.4. The zero-order chi connectivity index (χ0) is 20.7. The number of rotatable bonds is 7. The Labute approximate surface area is 170 Å². The Kier molecular flexibility index (Phi) is 7.48. The first-order valence-electron chi connectivity index (χ1n) is 8.96. The number of nitriles is 1. The zero-order valence-corrected chi connectivity index (χ0v) is 17.1. The maximum absolute atomic E-state index is 12.5. The summed E-state index contributed by atoms with van der Waals surface area (Å²) in [5.41, 5.74) is 2.06. The molecular weight excluding hydrogens is 376 g/mol. The van der Waals surface area contributed by atoms with Gasteiger partial charge in [-0.25, -0.2) is 0 Å². The monoisotopic (exact) mass is 398 g/mol. The highest BCUT2D eigenvalue weighted by atomic mass is 35.5. The van der Waals surface area contributed by atoms with Gasteiger partial charge in [0.1, 0.15) is 11.6 Å². The topological polar surface area (TPSA) is 71.3 Å². The summed E-state index contributed by atoms with van der Waals surface area (Å²) in [6.07, 6.45) is 1.51. The number of hydrogen-bond acceptors (Lipinski definition) is 4. The Morgan fingerprint density at radius 3 is 2.61 bits per heavy atom. The highest BCUT2D eigenvalue weighted by molar-refractivity contribution is 6.31. The average molecular weight is 399 g/mol. The summed E-state index contributed by atoms with van der Waals surface area (Å²) in [5.74, 6) is 0.669. The number of anilines is 1. The molecule has 0 aliphatic rings. The molecule has 0 atom stereocenters. The van der Waals surface area contributed by atoms with Gasteiger partial charge in [0.05, 0.1) is 12.7 Å². The van der Waals surface area contributed by atoms with Crippen molar-refractivity contribution in [2.75, 3.05) is 11.9 Å². The number of halogens is 1. The molecule has 5 nitrogen and oxygen atoms in total. The first-order valence-corrected chi connectivity index (χ1v) is 9.34. The summed E-state index contributed by atoms with van der Waals surface area (Å²) in [7, 11) is 0. The fraction of sp³-hybridized carbons (Fsp3) is 0.273. The highest BCUT2D eigenvalue weighted by Gasteiger charge is 2.12. The van der Waals surface area contributed by atoms with Gasteiger partial charge >= 0.3 is 0 Å². The predicted octanol–water partition coefficient (Wildman–Crippen LogP) is 5.38. The molecule has 146 valence electrons. The van der Waals surface area contributed by atoms with Gasteiger partial charge in [0.15, 0.2) is 11.5 Å². The molecule has 0 aromatic heterocycles. The molecule has 2 rings (SSSR count). The molecule has 6 heteroatoms. The minimum absolute atomic E-state index is 0.00220. The molecule has 0 saturated carbocycles. The molecule has 1 N–H and O–H groups in total. The van der Waals surface area contributed by atoms with Crippen LogP contribution in [0.4, 0.5) is 5.69 Å². The quantitative estimate of drug-likeness (QED) is 0.502. The van der Waals surface area contributed by atoms with E-state index in [0.29, 0.717) is 34.4 Å². The van der Waals surface area contributed by atoms with Gasteiger partial charge in [-0.05, 0) is 69.2 Å². The summed E-state index contributed by atoms with van der Waals surface area (Å²) in [6, 6.07) is 12.4. The SMILES string of the molecule is CCOc1cc(/C=C(\C#N)C(=O)Nc2ccc(C)c(Cl)c2)ccc1OC(C)C. The number of nitrogens with zero attached hydrogens (tertiary/aromatic N) is 1. The first kappa shape index (κ1) is 21.3. The molecule has 0 heterocycles. The van der Waals surface area contributed by atoms with Crippen molar-refractivity contribution in [3.63, 3.8) is 0 Å². The van der Waals surface area contributed by atoms with Crippen molar-refractivity contribution in [3.05, 3.63) is 58.1 Å². The van der Waals surface area contributed by atoms with Gasteiger partial charge in [-0.2, -0.15) is 5.26 Å². The van der Waals surface area contributed by atoms with Crippen LogP contribution in [0.2, 0.25) is 5.02 Å². The second kappa shape index (κ2) is 9.82. The smallest absolute Gasteiger partial charge is 0.266 e. The number of ether oxygens (including phenoxy) is 2. The van der Waals surface area contributed by atoms with Gasteiger partial charge in [0.25, 0.3) is 5.91 Å². The molecule has 0 bridgehead atoms. The van der Waals surface area contributed by atoms with Crippen LogP contribution >= 0.6 is 11.6 Å². The second-order valence-corrected chi connectivity index (χ2v) is 6.80. The molecule has 1 amide bonds. The van der Waals surface area contributed by atoms with Crippen molar-refractivity contribution in [3.8, 4) is 17.6 Å². The van der Waals surface area contributed by atoms with E-state index in [2.05, 4.69) is 5.32 Å². The van der Waals surface area contributed by atoms with Crippen LogP contribution in [0.15, 0.2) is 42.0 Å². The van der Waals surface area contributed by atoms with E-state index in [1.54, 1.807) is 36.4 Å². The molecule has 0 aliphatic carbocycles. The molecule has 0 spiro atoms. The molecule has 28 heavy (non-hydrogen) atoms. The van der Waals surface area contributed by atoms with Crippen molar-refractivity contribution >= 4 is 29.3 Å². The van der Waals surface area contributed by atoms with E-state index in [4.69, 9.17) is 21.1 Å². The fourth-order valence-corrected chi connectivity index (χ4v) is 2.60. The second-order valence-electron chi connectivity index (χ2n) is 6.39. The Morgan fingerprint density at radius 2 is 2.00 bits per heavy atom. The van der Waals surface area contributed by atoms with E-state index in [9.17, 15) is 10.1 Å². The third kappa shape index (κ3) is 5.77. The minimum atomic E-state index is -0.511. The summed E-state index contributed by atoms with van der Waals surface area (Å²) >= 11 is 6.08. The van der Waals surface area contributed by atoms with Crippen LogP contribution in [-0.4, -0.2) is 18.6 Å². The summed E-state index contributed by atoms with van der Waals surface area (Å²) in [4.78, 5) is 12.5. The molecule has 0 saturated heterocycles. The molecular formula is C22H23ClN2O3. The van der Waals surface area contributed by atoms with Crippen LogP contribution in [0.1, 0.15) is 31.9 Å². The summed E-state index contributed by atoms with van der Waals surface area (Å²) in [6.45, 7) is 8.08. The van der Waals surface area contributed by atoms with Crippen molar-refractivity contribution in [1.29, 1.82) is 5.26 Å². The third-order valence-electron chi connectivity index (χ3n) is 3.74. The summed E-state index contributed by atoms with van der Waals surface area (Å²) in [5, 5.41) is 12.7. The Hall–Kier alpha value is -2.97. The number of aryl methyl sites for hydroxylation is 1. The van der Waals surface area contributed by atoms with Gasteiger partial charge in [0.2, 0.25) is 0 Å². The lowest BCUT2D eigenvalue weighted by molar-refractivity contribution is -0.112. The van der Waals surface area contributed by atoms with E-state index in [-0.39, 0.29) is 11.7 Å². The van der Waals surface area contributed by atoms with Gasteiger partial charge < -0.3 is 14.8 Å². The number of carbonyl (C=O) groups excluding carboxylic acids is 1. The first-order chi connectivity index (χ1) is 13.3. The van der Waals surface area contributed by atoms with Crippen LogP contribution in [0.5, 0.6) is 11.5 Å². The predicted molar refractivity (Wildman–Crippen MR) is 112 cm³/mol. The molecule has 2 aromatic rings. The van der Waals surface area contributed by atoms with Gasteiger partial charge in [-0.3, -0.25) is 4.79 Å². The Bertz CT molecular complexity index is 930. The van der Waals surface area contributed by atoms with Gasteiger partial charge in [-0.15, -0.1) is 0 Å². The highest BCUT2D eigenvalue weighted by Crippen LogP contribution is 2.30. The number of nitrogens with one attached hydrogen (secondary N) is 1. The number of hydrogen-bond donors (Lipinski definition) is 1. The lowest BCUT2D eigenvalue weighted by Gasteiger charge is -2.15. The van der Waals surface area contributed by atoms with E-state index < -0.39 is 5.91 Å². The largest absolute Gasteiger partial charge is 0.490 e. The van der Waals surface area contributed by atoms with Crippen molar-refractivity contribution in [2.45, 2.75) is 33.8 Å².